The first-order valence-corrected chi connectivity index (χ1v) is 7.42. The summed E-state index contributed by atoms with van der Waals surface area (Å²) < 4.78 is 5.63. The molecule has 0 saturated carbocycles. The van der Waals surface area contributed by atoms with E-state index in [2.05, 4.69) is 30.9 Å². The molecule has 0 aromatic carbocycles. The van der Waals surface area contributed by atoms with Gasteiger partial charge in [0.05, 0.1) is 0 Å². The van der Waals surface area contributed by atoms with Crippen LogP contribution in [-0.4, -0.2) is 37.3 Å². The molecule has 15 heavy (non-hydrogen) atoms. The SMILES string of the molecule is CCCCOCCC1CSCC1NCC. The van der Waals surface area contributed by atoms with E-state index in [1.165, 1.54) is 30.8 Å². The number of hydrogen-bond acceptors (Lipinski definition) is 3. The van der Waals surface area contributed by atoms with Crippen LogP contribution in [0.25, 0.3) is 0 Å². The molecule has 0 aromatic heterocycles. The molecule has 90 valence electrons. The van der Waals surface area contributed by atoms with Gasteiger partial charge in [0.1, 0.15) is 0 Å². The van der Waals surface area contributed by atoms with E-state index in [0.717, 1.165) is 31.7 Å². The molecule has 1 fully saturated rings. The van der Waals surface area contributed by atoms with Gasteiger partial charge in [0, 0.05) is 25.0 Å². The lowest BCUT2D eigenvalue weighted by atomic mass is 10.0. The Bertz CT molecular complexity index is 155. The van der Waals surface area contributed by atoms with Crippen LogP contribution in [0.5, 0.6) is 0 Å². The van der Waals surface area contributed by atoms with E-state index in [4.69, 9.17) is 4.74 Å². The topological polar surface area (TPSA) is 21.3 Å². The summed E-state index contributed by atoms with van der Waals surface area (Å²) in [6.45, 7) is 7.39. The second kappa shape index (κ2) is 8.43. The molecule has 1 saturated heterocycles. The van der Waals surface area contributed by atoms with E-state index in [0.29, 0.717) is 0 Å². The first-order valence-electron chi connectivity index (χ1n) is 6.27. The molecule has 2 atom stereocenters. The zero-order valence-electron chi connectivity index (χ0n) is 10.1. The molecule has 3 heteroatoms. The molecule has 1 rings (SSSR count). The molecule has 1 aliphatic heterocycles. The van der Waals surface area contributed by atoms with Gasteiger partial charge in [-0.3, -0.25) is 0 Å². The number of unbranched alkanes of at least 4 members (excludes halogenated alkanes) is 1. The molecule has 1 aliphatic rings. The zero-order chi connectivity index (χ0) is 10.9. The minimum absolute atomic E-state index is 0.731. The minimum Gasteiger partial charge on any atom is -0.381 e. The van der Waals surface area contributed by atoms with Crippen molar-refractivity contribution < 1.29 is 4.74 Å². The van der Waals surface area contributed by atoms with Crippen LogP contribution < -0.4 is 5.32 Å². The van der Waals surface area contributed by atoms with Gasteiger partial charge in [-0.15, -0.1) is 0 Å². The molecule has 0 radical (unpaired) electrons. The van der Waals surface area contributed by atoms with Crippen molar-refractivity contribution >= 4 is 11.8 Å². The molecular formula is C12H25NOS. The minimum atomic E-state index is 0.731. The highest BCUT2D eigenvalue weighted by molar-refractivity contribution is 7.99. The summed E-state index contributed by atoms with van der Waals surface area (Å²) in [5.74, 6) is 3.43. The Morgan fingerprint density at radius 3 is 2.87 bits per heavy atom. The van der Waals surface area contributed by atoms with E-state index in [-0.39, 0.29) is 0 Å². The van der Waals surface area contributed by atoms with Crippen LogP contribution >= 0.6 is 11.8 Å². The lowest BCUT2D eigenvalue weighted by Gasteiger charge is -2.19. The van der Waals surface area contributed by atoms with Gasteiger partial charge in [0.25, 0.3) is 0 Å². The quantitative estimate of drug-likeness (QED) is 0.649. The Morgan fingerprint density at radius 2 is 2.13 bits per heavy atom. The summed E-state index contributed by atoms with van der Waals surface area (Å²) in [5.41, 5.74) is 0. The van der Waals surface area contributed by atoms with Crippen molar-refractivity contribution in [3.8, 4) is 0 Å². The Labute approximate surface area is 98.5 Å². The Kier molecular flexibility index (Phi) is 7.49. The van der Waals surface area contributed by atoms with Crippen molar-refractivity contribution in [2.75, 3.05) is 31.3 Å². The summed E-state index contributed by atoms with van der Waals surface area (Å²) in [4.78, 5) is 0. The highest BCUT2D eigenvalue weighted by Gasteiger charge is 2.26. The van der Waals surface area contributed by atoms with E-state index in [9.17, 15) is 0 Å². The average molecular weight is 231 g/mol. The molecule has 0 aromatic rings. The van der Waals surface area contributed by atoms with Crippen LogP contribution in [0.4, 0.5) is 0 Å². The fraction of sp³-hybridized carbons (Fsp3) is 1.00. The van der Waals surface area contributed by atoms with Gasteiger partial charge >= 0.3 is 0 Å². The molecule has 2 nitrogen and oxygen atoms in total. The van der Waals surface area contributed by atoms with Gasteiger partial charge in [-0.05, 0) is 31.1 Å². The van der Waals surface area contributed by atoms with Crippen LogP contribution in [0.3, 0.4) is 0 Å². The largest absolute Gasteiger partial charge is 0.381 e. The number of hydrogen-bond donors (Lipinski definition) is 1. The Morgan fingerprint density at radius 1 is 1.27 bits per heavy atom. The molecule has 0 spiro atoms. The predicted octanol–water partition coefficient (Wildman–Crippen LogP) is 2.53. The standard InChI is InChI=1S/C12H25NOS/c1-3-5-7-14-8-6-11-9-15-10-12(11)13-4-2/h11-13H,3-10H2,1-2H3. The predicted molar refractivity (Wildman–Crippen MR) is 68.6 cm³/mol. The van der Waals surface area contributed by atoms with Crippen molar-refractivity contribution in [3.63, 3.8) is 0 Å². The molecular weight excluding hydrogens is 206 g/mol. The second-order valence-electron chi connectivity index (χ2n) is 4.22. The number of ether oxygens (including phenoxy) is 1. The van der Waals surface area contributed by atoms with Crippen LogP contribution in [0.1, 0.15) is 33.1 Å². The fourth-order valence-electron chi connectivity index (χ4n) is 1.95. The summed E-state index contributed by atoms with van der Waals surface area (Å²) in [5, 5.41) is 3.57. The van der Waals surface area contributed by atoms with Crippen LogP contribution in [-0.2, 0) is 4.74 Å². The highest BCUT2D eigenvalue weighted by atomic mass is 32.2. The first-order chi connectivity index (χ1) is 7.38. The van der Waals surface area contributed by atoms with E-state index in [1.54, 1.807) is 0 Å². The van der Waals surface area contributed by atoms with Gasteiger partial charge in [0.2, 0.25) is 0 Å². The number of rotatable bonds is 8. The molecule has 1 N–H and O–H groups in total. The maximum Gasteiger partial charge on any atom is 0.0469 e. The van der Waals surface area contributed by atoms with Gasteiger partial charge in [-0.1, -0.05) is 20.3 Å². The molecule has 0 aliphatic carbocycles. The van der Waals surface area contributed by atoms with Crippen molar-refractivity contribution in [2.45, 2.75) is 39.2 Å². The monoisotopic (exact) mass is 231 g/mol. The van der Waals surface area contributed by atoms with Gasteiger partial charge < -0.3 is 10.1 Å². The van der Waals surface area contributed by atoms with Crippen LogP contribution in [0.2, 0.25) is 0 Å². The Balaban J connectivity index is 2.03. The third kappa shape index (κ3) is 5.23. The maximum atomic E-state index is 5.63. The van der Waals surface area contributed by atoms with Crippen molar-refractivity contribution in [1.82, 2.24) is 5.32 Å². The number of thioether (sulfide) groups is 1. The second-order valence-corrected chi connectivity index (χ2v) is 5.29. The summed E-state index contributed by atoms with van der Waals surface area (Å²) in [7, 11) is 0. The zero-order valence-corrected chi connectivity index (χ0v) is 10.9. The summed E-state index contributed by atoms with van der Waals surface area (Å²) in [6.07, 6.45) is 3.67. The van der Waals surface area contributed by atoms with Crippen molar-refractivity contribution in [3.05, 3.63) is 0 Å². The van der Waals surface area contributed by atoms with E-state index < -0.39 is 0 Å². The third-order valence-electron chi connectivity index (χ3n) is 2.94. The highest BCUT2D eigenvalue weighted by Crippen LogP contribution is 2.26. The smallest absolute Gasteiger partial charge is 0.0469 e. The van der Waals surface area contributed by atoms with Gasteiger partial charge in [0.15, 0.2) is 0 Å². The van der Waals surface area contributed by atoms with E-state index >= 15 is 0 Å². The van der Waals surface area contributed by atoms with Crippen molar-refractivity contribution in [2.24, 2.45) is 5.92 Å². The lowest BCUT2D eigenvalue weighted by molar-refractivity contribution is 0.116. The fourth-order valence-corrected chi connectivity index (χ4v) is 3.44. The normalized spacial score (nSPS) is 26.0. The molecule has 0 amide bonds. The van der Waals surface area contributed by atoms with E-state index in [1.807, 2.05) is 0 Å². The maximum absolute atomic E-state index is 5.63. The van der Waals surface area contributed by atoms with Gasteiger partial charge in [-0.25, -0.2) is 0 Å². The lowest BCUT2D eigenvalue weighted by Crippen LogP contribution is -2.35. The first kappa shape index (κ1) is 13.3. The molecule has 1 heterocycles. The van der Waals surface area contributed by atoms with Crippen LogP contribution in [0.15, 0.2) is 0 Å². The summed E-state index contributed by atoms with van der Waals surface area (Å²) >= 11 is 2.08. The molecule has 2 unspecified atom stereocenters. The van der Waals surface area contributed by atoms with Crippen molar-refractivity contribution in [1.29, 1.82) is 0 Å². The van der Waals surface area contributed by atoms with Gasteiger partial charge in [-0.2, -0.15) is 11.8 Å². The molecule has 0 bridgehead atoms. The average Bonchev–Trinajstić information content (AvgIpc) is 2.66. The van der Waals surface area contributed by atoms with Crippen LogP contribution in [0, 0.1) is 5.92 Å². The Hall–Kier alpha value is 0.270. The number of nitrogens with one attached hydrogen (secondary N) is 1. The summed E-state index contributed by atoms with van der Waals surface area (Å²) in [6, 6.07) is 0.731. The third-order valence-corrected chi connectivity index (χ3v) is 4.20.